The predicted octanol–water partition coefficient (Wildman–Crippen LogP) is 4.70. The van der Waals surface area contributed by atoms with Crippen molar-refractivity contribution in [2.75, 3.05) is 0 Å². The molecule has 1 N–H and O–H groups in total. The Morgan fingerprint density at radius 3 is 2.38 bits per heavy atom. The fraction of sp³-hybridized carbons (Fsp3) is 0.100. The number of halogens is 3. The van der Waals surface area contributed by atoms with Crippen LogP contribution in [-0.4, -0.2) is 10.9 Å². The monoisotopic (exact) mass is 356 g/mol. The van der Waals surface area contributed by atoms with E-state index in [1.807, 2.05) is 6.07 Å². The molecule has 26 heavy (non-hydrogen) atoms. The third-order valence-corrected chi connectivity index (χ3v) is 3.76. The maximum atomic E-state index is 12.9. The zero-order chi connectivity index (χ0) is 18.6. The molecular weight excluding hydrogens is 341 g/mol. The van der Waals surface area contributed by atoms with Crippen LogP contribution in [0.25, 0.3) is 11.3 Å². The number of carbonyl (C=O) groups excluding carboxylic acids is 1. The van der Waals surface area contributed by atoms with Crippen LogP contribution in [0.4, 0.5) is 13.2 Å². The van der Waals surface area contributed by atoms with Gasteiger partial charge in [0.25, 0.3) is 5.91 Å². The average molecular weight is 356 g/mol. The quantitative estimate of drug-likeness (QED) is 0.736. The highest BCUT2D eigenvalue weighted by atomic mass is 19.4. The van der Waals surface area contributed by atoms with Gasteiger partial charge in [0.2, 0.25) is 0 Å². The molecule has 3 rings (SSSR count). The lowest BCUT2D eigenvalue weighted by molar-refractivity contribution is -0.137. The molecule has 1 aromatic heterocycles. The number of nitrogens with zero attached hydrogens (tertiary/aromatic N) is 1. The van der Waals surface area contributed by atoms with Crippen LogP contribution < -0.4 is 5.32 Å². The van der Waals surface area contributed by atoms with E-state index in [1.165, 1.54) is 6.07 Å². The van der Waals surface area contributed by atoms with Crippen LogP contribution in [-0.2, 0) is 12.7 Å². The summed E-state index contributed by atoms with van der Waals surface area (Å²) in [5, 5.41) is 2.75. The van der Waals surface area contributed by atoms with Crippen molar-refractivity contribution in [1.29, 1.82) is 0 Å². The van der Waals surface area contributed by atoms with Gasteiger partial charge < -0.3 is 5.32 Å². The fourth-order valence-corrected chi connectivity index (χ4v) is 2.46. The molecule has 0 atom stereocenters. The Balaban J connectivity index is 1.76. The van der Waals surface area contributed by atoms with Gasteiger partial charge in [-0.15, -0.1) is 0 Å². The molecule has 0 saturated carbocycles. The van der Waals surface area contributed by atoms with Gasteiger partial charge >= 0.3 is 6.18 Å². The highest BCUT2D eigenvalue weighted by Crippen LogP contribution is 2.31. The molecule has 0 bridgehead atoms. The number of amides is 1. The van der Waals surface area contributed by atoms with Crippen molar-refractivity contribution in [3.05, 3.63) is 89.6 Å². The van der Waals surface area contributed by atoms with E-state index in [-0.39, 0.29) is 12.5 Å². The van der Waals surface area contributed by atoms with E-state index >= 15 is 0 Å². The van der Waals surface area contributed by atoms with Gasteiger partial charge in [0.15, 0.2) is 0 Å². The van der Waals surface area contributed by atoms with E-state index in [0.717, 1.165) is 12.1 Å². The number of hydrogen-bond acceptors (Lipinski definition) is 2. The van der Waals surface area contributed by atoms with Crippen LogP contribution in [0, 0.1) is 0 Å². The summed E-state index contributed by atoms with van der Waals surface area (Å²) in [6, 6.07) is 18.8. The maximum Gasteiger partial charge on any atom is 0.416 e. The fourth-order valence-electron chi connectivity index (χ4n) is 2.46. The lowest BCUT2D eigenvalue weighted by atomic mass is 10.1. The first-order chi connectivity index (χ1) is 12.4. The summed E-state index contributed by atoms with van der Waals surface area (Å²) < 4.78 is 38.6. The average Bonchev–Trinajstić information content (AvgIpc) is 2.66. The smallest absolute Gasteiger partial charge is 0.346 e. The Morgan fingerprint density at radius 2 is 1.65 bits per heavy atom. The van der Waals surface area contributed by atoms with Crippen LogP contribution >= 0.6 is 0 Å². The number of benzene rings is 2. The van der Waals surface area contributed by atoms with E-state index < -0.39 is 11.7 Å². The molecular formula is C20H15F3N2O. The summed E-state index contributed by atoms with van der Waals surface area (Å²) in [5.41, 5.74) is 1.16. The van der Waals surface area contributed by atoms with Crippen LogP contribution in [0.1, 0.15) is 21.6 Å². The second-order valence-electron chi connectivity index (χ2n) is 5.64. The summed E-state index contributed by atoms with van der Waals surface area (Å²) in [5.74, 6) is -0.239. The lowest BCUT2D eigenvalue weighted by Crippen LogP contribution is -2.23. The molecule has 1 amide bonds. The molecule has 6 heteroatoms. The van der Waals surface area contributed by atoms with Crippen LogP contribution in [0.15, 0.2) is 72.8 Å². The highest BCUT2D eigenvalue weighted by Gasteiger charge is 2.30. The van der Waals surface area contributed by atoms with Gasteiger partial charge in [-0.25, -0.2) is 0 Å². The molecule has 0 spiro atoms. The summed E-state index contributed by atoms with van der Waals surface area (Å²) >= 11 is 0. The molecule has 0 radical (unpaired) electrons. The summed E-state index contributed by atoms with van der Waals surface area (Å²) in [7, 11) is 0. The first-order valence-corrected chi connectivity index (χ1v) is 7.90. The minimum atomic E-state index is -4.41. The Hall–Kier alpha value is -3.15. The summed E-state index contributed by atoms with van der Waals surface area (Å²) in [6.45, 7) is 0.181. The molecule has 0 aliphatic heterocycles. The van der Waals surface area contributed by atoms with Crippen LogP contribution in [0.5, 0.6) is 0 Å². The number of pyridine rings is 1. The van der Waals surface area contributed by atoms with Gasteiger partial charge in [-0.05, 0) is 36.4 Å². The Labute approximate surface area is 148 Å². The van der Waals surface area contributed by atoms with Crippen molar-refractivity contribution >= 4 is 5.91 Å². The first-order valence-electron chi connectivity index (χ1n) is 7.90. The Morgan fingerprint density at radius 1 is 0.923 bits per heavy atom. The van der Waals surface area contributed by atoms with Gasteiger partial charge in [0.1, 0.15) is 0 Å². The number of rotatable bonds is 4. The van der Waals surface area contributed by atoms with Gasteiger partial charge in [-0.3, -0.25) is 9.78 Å². The van der Waals surface area contributed by atoms with E-state index in [0.29, 0.717) is 22.5 Å². The van der Waals surface area contributed by atoms with Crippen molar-refractivity contribution < 1.29 is 18.0 Å². The third-order valence-electron chi connectivity index (χ3n) is 3.76. The van der Waals surface area contributed by atoms with Crippen molar-refractivity contribution in [2.45, 2.75) is 12.7 Å². The SMILES string of the molecule is O=C(NCc1cccc(-c2cccc(C(F)(F)F)c2)n1)c1ccccc1. The first kappa shape index (κ1) is 17.7. The third kappa shape index (κ3) is 4.27. The van der Waals surface area contributed by atoms with Gasteiger partial charge in [0, 0.05) is 11.1 Å². The maximum absolute atomic E-state index is 12.9. The molecule has 0 aliphatic carbocycles. The molecule has 0 fully saturated rings. The molecule has 132 valence electrons. The lowest BCUT2D eigenvalue weighted by Gasteiger charge is -2.10. The van der Waals surface area contributed by atoms with Crippen LogP contribution in [0.3, 0.4) is 0 Å². The second-order valence-corrected chi connectivity index (χ2v) is 5.64. The van der Waals surface area contributed by atoms with Gasteiger partial charge in [-0.2, -0.15) is 13.2 Å². The number of alkyl halides is 3. The molecule has 2 aromatic carbocycles. The van der Waals surface area contributed by atoms with Crippen LogP contribution in [0.2, 0.25) is 0 Å². The highest BCUT2D eigenvalue weighted by molar-refractivity contribution is 5.94. The molecule has 3 nitrogen and oxygen atoms in total. The minimum Gasteiger partial charge on any atom is -0.346 e. The molecule has 1 heterocycles. The minimum absolute atomic E-state index is 0.181. The predicted molar refractivity (Wildman–Crippen MR) is 92.3 cm³/mol. The topological polar surface area (TPSA) is 42.0 Å². The van der Waals surface area contributed by atoms with E-state index in [9.17, 15) is 18.0 Å². The summed E-state index contributed by atoms with van der Waals surface area (Å²) in [6.07, 6.45) is -4.41. The van der Waals surface area contributed by atoms with Gasteiger partial charge in [-0.1, -0.05) is 36.4 Å². The second kappa shape index (κ2) is 7.39. The van der Waals surface area contributed by atoms with E-state index in [4.69, 9.17) is 0 Å². The van der Waals surface area contributed by atoms with Gasteiger partial charge in [0.05, 0.1) is 23.5 Å². The molecule has 0 aliphatic rings. The molecule has 3 aromatic rings. The Kier molecular flexibility index (Phi) is 5.02. The number of nitrogens with one attached hydrogen (secondary N) is 1. The molecule has 0 unspecified atom stereocenters. The normalized spacial score (nSPS) is 11.2. The number of carbonyl (C=O) groups is 1. The summed E-state index contributed by atoms with van der Waals surface area (Å²) in [4.78, 5) is 16.4. The van der Waals surface area contributed by atoms with Crippen molar-refractivity contribution in [3.8, 4) is 11.3 Å². The number of aromatic nitrogens is 1. The van der Waals surface area contributed by atoms with Crippen molar-refractivity contribution in [2.24, 2.45) is 0 Å². The van der Waals surface area contributed by atoms with Crippen molar-refractivity contribution in [3.63, 3.8) is 0 Å². The molecule has 0 saturated heterocycles. The standard InChI is InChI=1S/C20H15F3N2O/c21-20(22,23)16-9-4-8-15(12-16)18-11-5-10-17(25-18)13-24-19(26)14-6-2-1-3-7-14/h1-12H,13H2,(H,24,26). The van der Waals surface area contributed by atoms with E-state index in [1.54, 1.807) is 48.5 Å². The Bertz CT molecular complexity index is 908. The zero-order valence-electron chi connectivity index (χ0n) is 13.6. The van der Waals surface area contributed by atoms with E-state index in [2.05, 4.69) is 10.3 Å². The largest absolute Gasteiger partial charge is 0.416 e. The zero-order valence-corrected chi connectivity index (χ0v) is 13.6. The number of hydrogen-bond donors (Lipinski definition) is 1. The van der Waals surface area contributed by atoms with Crippen molar-refractivity contribution in [1.82, 2.24) is 10.3 Å².